The molecule has 36 heavy (non-hydrogen) atoms. The van der Waals surface area contributed by atoms with E-state index in [1.807, 2.05) is 36.6 Å². The zero-order valence-electron chi connectivity index (χ0n) is 19.9. The number of thiophene rings is 1. The molecule has 3 heterocycles. The van der Waals surface area contributed by atoms with Crippen molar-refractivity contribution in [1.29, 1.82) is 0 Å². The van der Waals surface area contributed by atoms with Crippen molar-refractivity contribution in [2.45, 2.75) is 24.4 Å². The molecule has 0 bridgehead atoms. The number of amides is 1. The summed E-state index contributed by atoms with van der Waals surface area (Å²) in [7, 11) is 0. The van der Waals surface area contributed by atoms with Gasteiger partial charge in [-0.15, -0.1) is 34.4 Å². The molecule has 0 fully saturated rings. The highest BCUT2D eigenvalue weighted by molar-refractivity contribution is 7.98. The Morgan fingerprint density at radius 2 is 1.78 bits per heavy atom. The Labute approximate surface area is 223 Å². The van der Waals surface area contributed by atoms with Crippen molar-refractivity contribution < 1.29 is 4.79 Å². The fourth-order valence-electron chi connectivity index (χ4n) is 4.64. The van der Waals surface area contributed by atoms with E-state index >= 15 is 0 Å². The molecule has 2 aromatic heterocycles. The lowest BCUT2D eigenvalue weighted by atomic mass is 10.0. The monoisotopic (exact) mass is 527 g/mol. The van der Waals surface area contributed by atoms with Crippen molar-refractivity contribution in [3.05, 3.63) is 100 Å². The van der Waals surface area contributed by atoms with Gasteiger partial charge < -0.3 is 5.32 Å². The van der Waals surface area contributed by atoms with Crippen LogP contribution < -0.4 is 5.32 Å². The lowest BCUT2D eigenvalue weighted by Gasteiger charge is -2.27. The number of nitrogens with one attached hydrogen (secondary N) is 1. The fraction of sp³-hybridized carbons (Fsp3) is 0.172. The fourth-order valence-corrected chi connectivity index (χ4v) is 7.45. The van der Waals surface area contributed by atoms with Gasteiger partial charge in [-0.25, -0.2) is 4.98 Å². The van der Waals surface area contributed by atoms with E-state index in [9.17, 15) is 4.79 Å². The molecule has 3 aromatic carbocycles. The minimum atomic E-state index is -0.0789. The van der Waals surface area contributed by atoms with Crippen LogP contribution in [0.5, 0.6) is 0 Å². The molecule has 0 atom stereocenters. The van der Waals surface area contributed by atoms with E-state index in [0.29, 0.717) is 5.56 Å². The van der Waals surface area contributed by atoms with Crippen LogP contribution in [0.2, 0.25) is 0 Å². The quantitative estimate of drug-likeness (QED) is 0.232. The molecule has 6 rings (SSSR count). The Balaban J connectivity index is 1.35. The number of nitrogens with zero attached hydrogens (tertiary/aromatic N) is 2. The Morgan fingerprint density at radius 1 is 1.00 bits per heavy atom. The van der Waals surface area contributed by atoms with E-state index in [1.165, 1.54) is 20.7 Å². The van der Waals surface area contributed by atoms with E-state index in [2.05, 4.69) is 58.7 Å². The van der Waals surface area contributed by atoms with E-state index in [1.54, 1.807) is 34.4 Å². The number of carbonyl (C=O) groups is 1. The minimum absolute atomic E-state index is 0.0789. The highest BCUT2D eigenvalue weighted by Gasteiger charge is 2.28. The number of thiazole rings is 1. The number of thioether (sulfide) groups is 1. The summed E-state index contributed by atoms with van der Waals surface area (Å²) >= 11 is 5.07. The largest absolute Gasteiger partial charge is 0.313 e. The molecule has 180 valence electrons. The topological polar surface area (TPSA) is 45.2 Å². The number of aromatic nitrogens is 1. The molecule has 0 unspecified atom stereocenters. The van der Waals surface area contributed by atoms with Gasteiger partial charge in [-0.3, -0.25) is 9.69 Å². The number of para-hydroxylation sites is 1. The van der Waals surface area contributed by atoms with Crippen LogP contribution in [0.4, 0.5) is 5.00 Å². The number of carbonyl (C=O) groups excluding carboxylic acids is 1. The summed E-state index contributed by atoms with van der Waals surface area (Å²) in [6.07, 6.45) is 2.98. The standard InChI is InChI=1S/C29H25N3OS3/c1-34-21-13-11-20(12-14-21)27(33)31-29-26(28-30-23-9-5-6-10-24(23)35-28)22-15-16-32(18-25(22)36-29)17-19-7-3-2-4-8-19/h2-14H,15-18H2,1H3,(H,31,33). The third-order valence-corrected chi connectivity index (χ3v) is 9.40. The molecule has 1 N–H and O–H groups in total. The highest BCUT2D eigenvalue weighted by atomic mass is 32.2. The molecule has 1 aliphatic heterocycles. The van der Waals surface area contributed by atoms with Crippen LogP contribution in [0.3, 0.4) is 0 Å². The molecule has 0 saturated heterocycles. The van der Waals surface area contributed by atoms with Crippen molar-refractivity contribution in [1.82, 2.24) is 9.88 Å². The second-order valence-electron chi connectivity index (χ2n) is 8.82. The first kappa shape index (κ1) is 23.4. The van der Waals surface area contributed by atoms with E-state index in [4.69, 9.17) is 4.98 Å². The zero-order valence-corrected chi connectivity index (χ0v) is 22.3. The van der Waals surface area contributed by atoms with E-state index in [0.717, 1.165) is 52.0 Å². The van der Waals surface area contributed by atoms with Gasteiger partial charge in [-0.1, -0.05) is 42.5 Å². The van der Waals surface area contributed by atoms with Crippen molar-refractivity contribution in [3.8, 4) is 10.6 Å². The second kappa shape index (κ2) is 10.2. The van der Waals surface area contributed by atoms with Crippen LogP contribution in [-0.2, 0) is 19.5 Å². The van der Waals surface area contributed by atoms with Crippen LogP contribution in [0, 0.1) is 0 Å². The number of benzene rings is 3. The number of rotatable bonds is 6. The smallest absolute Gasteiger partial charge is 0.256 e. The zero-order chi connectivity index (χ0) is 24.5. The van der Waals surface area contributed by atoms with Gasteiger partial charge in [0.1, 0.15) is 10.0 Å². The number of hydrogen-bond donors (Lipinski definition) is 1. The molecule has 5 aromatic rings. The van der Waals surface area contributed by atoms with Crippen molar-refractivity contribution in [3.63, 3.8) is 0 Å². The average molecular weight is 528 g/mol. The number of fused-ring (bicyclic) bond motifs is 2. The van der Waals surface area contributed by atoms with Gasteiger partial charge in [0.05, 0.1) is 10.2 Å². The summed E-state index contributed by atoms with van der Waals surface area (Å²) < 4.78 is 1.17. The highest BCUT2D eigenvalue weighted by Crippen LogP contribution is 2.46. The van der Waals surface area contributed by atoms with E-state index in [-0.39, 0.29) is 5.91 Å². The van der Waals surface area contributed by atoms with Gasteiger partial charge in [-0.2, -0.15) is 0 Å². The van der Waals surface area contributed by atoms with Crippen LogP contribution in [0.15, 0.2) is 83.8 Å². The maximum absolute atomic E-state index is 13.2. The second-order valence-corrected chi connectivity index (χ2v) is 11.8. The van der Waals surface area contributed by atoms with Crippen LogP contribution >= 0.6 is 34.4 Å². The molecule has 0 saturated carbocycles. The van der Waals surface area contributed by atoms with Crippen molar-refractivity contribution in [2.24, 2.45) is 0 Å². The molecule has 1 amide bonds. The summed E-state index contributed by atoms with van der Waals surface area (Å²) in [5, 5.41) is 5.14. The minimum Gasteiger partial charge on any atom is -0.313 e. The summed E-state index contributed by atoms with van der Waals surface area (Å²) in [4.78, 5) is 23.2. The molecule has 7 heteroatoms. The van der Waals surface area contributed by atoms with Gasteiger partial charge in [0.15, 0.2) is 0 Å². The normalized spacial score (nSPS) is 13.6. The molecule has 0 aliphatic carbocycles. The summed E-state index contributed by atoms with van der Waals surface area (Å²) in [5.74, 6) is -0.0789. The van der Waals surface area contributed by atoms with Crippen LogP contribution in [0.25, 0.3) is 20.8 Å². The summed E-state index contributed by atoms with van der Waals surface area (Å²) in [6.45, 7) is 2.79. The third kappa shape index (κ3) is 4.72. The third-order valence-electron chi connectivity index (χ3n) is 6.47. The first-order valence-corrected chi connectivity index (χ1v) is 14.8. The van der Waals surface area contributed by atoms with Gasteiger partial charge in [0.25, 0.3) is 5.91 Å². The molecule has 4 nitrogen and oxygen atoms in total. The Morgan fingerprint density at radius 3 is 2.56 bits per heavy atom. The molecular weight excluding hydrogens is 503 g/mol. The SMILES string of the molecule is CSc1ccc(C(=O)Nc2sc3c(c2-c2nc4ccccc4s2)CCN(Cc2ccccc2)C3)cc1. The Bertz CT molecular complexity index is 1490. The summed E-state index contributed by atoms with van der Waals surface area (Å²) in [6, 6.07) is 26.7. The van der Waals surface area contributed by atoms with Gasteiger partial charge in [-0.05, 0) is 60.2 Å². The lowest BCUT2D eigenvalue weighted by molar-refractivity contribution is 0.102. The van der Waals surface area contributed by atoms with Crippen molar-refractivity contribution in [2.75, 3.05) is 18.1 Å². The predicted octanol–water partition coefficient (Wildman–Crippen LogP) is 7.56. The Hall–Kier alpha value is -2.97. The molecular formula is C29H25N3OS3. The maximum atomic E-state index is 13.2. The average Bonchev–Trinajstić information content (AvgIpc) is 3.49. The molecule has 1 aliphatic rings. The lowest BCUT2D eigenvalue weighted by Crippen LogP contribution is -2.29. The van der Waals surface area contributed by atoms with Crippen LogP contribution in [0.1, 0.15) is 26.4 Å². The van der Waals surface area contributed by atoms with E-state index < -0.39 is 0 Å². The molecule has 0 radical (unpaired) electrons. The number of anilines is 1. The summed E-state index contributed by atoms with van der Waals surface area (Å²) in [5.41, 5.74) is 5.43. The Kier molecular flexibility index (Phi) is 6.63. The van der Waals surface area contributed by atoms with Gasteiger partial charge in [0, 0.05) is 40.5 Å². The number of hydrogen-bond acceptors (Lipinski definition) is 6. The first-order chi connectivity index (χ1) is 17.7. The molecule has 0 spiro atoms. The maximum Gasteiger partial charge on any atom is 0.256 e. The predicted molar refractivity (Wildman–Crippen MR) is 153 cm³/mol. The first-order valence-electron chi connectivity index (χ1n) is 11.9. The van der Waals surface area contributed by atoms with Gasteiger partial charge in [0.2, 0.25) is 0 Å². The van der Waals surface area contributed by atoms with Crippen LogP contribution in [-0.4, -0.2) is 28.6 Å². The van der Waals surface area contributed by atoms with Gasteiger partial charge >= 0.3 is 0 Å². The van der Waals surface area contributed by atoms with Crippen molar-refractivity contribution >= 4 is 55.6 Å².